The predicted octanol–water partition coefficient (Wildman–Crippen LogP) is 2.88. The minimum Gasteiger partial charge on any atom is -0.481 e. The second-order valence-corrected chi connectivity index (χ2v) is 5.56. The fraction of sp³-hybridized carbons (Fsp3) is 0.900. The molecule has 0 heterocycles. The van der Waals surface area contributed by atoms with Crippen LogP contribution in [0.4, 0.5) is 0 Å². The molecule has 0 spiro atoms. The van der Waals surface area contributed by atoms with E-state index in [2.05, 4.69) is 13.8 Å². The highest BCUT2D eigenvalue weighted by Gasteiger charge is 2.26. The van der Waals surface area contributed by atoms with Crippen LogP contribution in [0, 0.1) is 11.3 Å². The molecule has 0 fully saturated rings. The van der Waals surface area contributed by atoms with Gasteiger partial charge in [0.15, 0.2) is 0 Å². The molecule has 0 unspecified atom stereocenters. The lowest BCUT2D eigenvalue weighted by molar-refractivity contribution is -0.146. The molecule has 0 bridgehead atoms. The van der Waals surface area contributed by atoms with Crippen LogP contribution < -0.4 is 0 Å². The molecule has 1 N–H and O–H groups in total. The average Bonchev–Trinajstić information content (AvgIpc) is 1.97. The van der Waals surface area contributed by atoms with Gasteiger partial charge in [0.25, 0.3) is 0 Å². The highest BCUT2D eigenvalue weighted by atomic mass is 32.2. The molecule has 0 radical (unpaired) electrons. The van der Waals surface area contributed by atoms with Gasteiger partial charge in [0.1, 0.15) is 0 Å². The largest absolute Gasteiger partial charge is 0.481 e. The quantitative estimate of drug-likeness (QED) is 0.676. The molecule has 78 valence electrons. The van der Waals surface area contributed by atoms with Crippen molar-refractivity contribution in [2.45, 2.75) is 34.1 Å². The fourth-order valence-corrected chi connectivity index (χ4v) is 2.05. The molecule has 0 aromatic carbocycles. The molecule has 0 saturated heterocycles. The summed E-state index contributed by atoms with van der Waals surface area (Å²) in [5, 5.41) is 8.84. The van der Waals surface area contributed by atoms with Crippen LogP contribution in [-0.4, -0.2) is 22.6 Å². The zero-order chi connectivity index (χ0) is 10.5. The molecule has 2 nitrogen and oxygen atoms in total. The maximum atomic E-state index is 10.7. The molecular weight excluding hydrogens is 184 g/mol. The van der Waals surface area contributed by atoms with Crippen molar-refractivity contribution in [3.05, 3.63) is 0 Å². The maximum Gasteiger partial charge on any atom is 0.309 e. The molecule has 0 rings (SSSR count). The Kier molecular flexibility index (Phi) is 5.45. The summed E-state index contributed by atoms with van der Waals surface area (Å²) >= 11 is 1.84. The van der Waals surface area contributed by atoms with E-state index in [-0.39, 0.29) is 0 Å². The van der Waals surface area contributed by atoms with Gasteiger partial charge >= 0.3 is 5.97 Å². The van der Waals surface area contributed by atoms with E-state index in [4.69, 9.17) is 5.11 Å². The molecular formula is C10H20O2S. The van der Waals surface area contributed by atoms with Crippen LogP contribution in [0.25, 0.3) is 0 Å². The summed E-state index contributed by atoms with van der Waals surface area (Å²) in [6.07, 6.45) is 0.750. The number of carboxylic acid groups (broad SMARTS) is 1. The molecule has 0 aromatic heterocycles. The Morgan fingerprint density at radius 1 is 1.46 bits per heavy atom. The van der Waals surface area contributed by atoms with Crippen molar-refractivity contribution in [3.63, 3.8) is 0 Å². The van der Waals surface area contributed by atoms with Gasteiger partial charge in [-0.25, -0.2) is 0 Å². The molecule has 0 saturated carbocycles. The third-order valence-corrected chi connectivity index (χ3v) is 3.30. The Hall–Kier alpha value is -0.180. The van der Waals surface area contributed by atoms with Gasteiger partial charge in [-0.1, -0.05) is 13.8 Å². The van der Waals surface area contributed by atoms with E-state index in [1.165, 1.54) is 0 Å². The Balaban J connectivity index is 3.58. The number of carboxylic acids is 1. The van der Waals surface area contributed by atoms with Crippen LogP contribution in [0.1, 0.15) is 34.1 Å². The summed E-state index contributed by atoms with van der Waals surface area (Å²) in [6.45, 7) is 7.92. The molecule has 3 heteroatoms. The third-order valence-electron chi connectivity index (χ3n) is 1.90. The number of rotatable bonds is 6. The molecule has 0 atom stereocenters. The predicted molar refractivity (Wildman–Crippen MR) is 58.2 cm³/mol. The van der Waals surface area contributed by atoms with Gasteiger partial charge in [0.2, 0.25) is 0 Å². The summed E-state index contributed by atoms with van der Waals surface area (Å²) < 4.78 is 0. The SMILES string of the molecule is CC(C)CSCCC(C)(C)C(=O)O. The van der Waals surface area contributed by atoms with Crippen molar-refractivity contribution in [2.75, 3.05) is 11.5 Å². The number of thioether (sulfide) groups is 1. The lowest BCUT2D eigenvalue weighted by atomic mass is 9.91. The van der Waals surface area contributed by atoms with Gasteiger partial charge in [0, 0.05) is 0 Å². The first-order chi connectivity index (χ1) is 5.86. The van der Waals surface area contributed by atoms with Gasteiger partial charge in [-0.05, 0) is 37.7 Å². The first-order valence-electron chi connectivity index (χ1n) is 4.67. The summed E-state index contributed by atoms with van der Waals surface area (Å²) in [4.78, 5) is 10.7. The van der Waals surface area contributed by atoms with E-state index in [0.29, 0.717) is 5.92 Å². The van der Waals surface area contributed by atoms with E-state index < -0.39 is 11.4 Å². The van der Waals surface area contributed by atoms with Gasteiger partial charge in [0.05, 0.1) is 5.41 Å². The zero-order valence-corrected chi connectivity index (χ0v) is 9.78. The Labute approximate surface area is 85.1 Å². The van der Waals surface area contributed by atoms with E-state index in [1.54, 1.807) is 13.8 Å². The number of hydrogen-bond donors (Lipinski definition) is 1. The molecule has 0 amide bonds. The maximum absolute atomic E-state index is 10.7. The van der Waals surface area contributed by atoms with Crippen LogP contribution in [0.3, 0.4) is 0 Å². The lowest BCUT2D eigenvalue weighted by Crippen LogP contribution is -2.24. The van der Waals surface area contributed by atoms with Crippen molar-refractivity contribution in [1.82, 2.24) is 0 Å². The van der Waals surface area contributed by atoms with Crippen molar-refractivity contribution < 1.29 is 9.90 Å². The minimum absolute atomic E-state index is 0.565. The van der Waals surface area contributed by atoms with Gasteiger partial charge in [-0.2, -0.15) is 11.8 Å². The van der Waals surface area contributed by atoms with Crippen LogP contribution in [0.2, 0.25) is 0 Å². The van der Waals surface area contributed by atoms with Crippen LogP contribution >= 0.6 is 11.8 Å². The first-order valence-corrected chi connectivity index (χ1v) is 5.83. The third kappa shape index (κ3) is 5.97. The molecule has 0 aliphatic heterocycles. The standard InChI is InChI=1S/C10H20O2S/c1-8(2)7-13-6-5-10(3,4)9(11)12/h8H,5-7H2,1-4H3,(H,11,12). The highest BCUT2D eigenvalue weighted by molar-refractivity contribution is 7.99. The normalized spacial score (nSPS) is 12.1. The van der Waals surface area contributed by atoms with Crippen molar-refractivity contribution in [1.29, 1.82) is 0 Å². The molecule has 0 aliphatic rings. The highest BCUT2D eigenvalue weighted by Crippen LogP contribution is 2.23. The van der Waals surface area contributed by atoms with E-state index in [0.717, 1.165) is 17.9 Å². The van der Waals surface area contributed by atoms with Gasteiger partial charge < -0.3 is 5.11 Å². The first kappa shape index (κ1) is 12.8. The van der Waals surface area contributed by atoms with Gasteiger partial charge in [-0.3, -0.25) is 4.79 Å². The van der Waals surface area contributed by atoms with Crippen molar-refractivity contribution >= 4 is 17.7 Å². The monoisotopic (exact) mass is 204 g/mol. The second kappa shape index (κ2) is 5.53. The van der Waals surface area contributed by atoms with Crippen molar-refractivity contribution in [2.24, 2.45) is 11.3 Å². The zero-order valence-electron chi connectivity index (χ0n) is 8.96. The average molecular weight is 204 g/mol. The van der Waals surface area contributed by atoms with Crippen LogP contribution in [-0.2, 0) is 4.79 Å². The Morgan fingerprint density at radius 2 is 2.00 bits per heavy atom. The lowest BCUT2D eigenvalue weighted by Gasteiger charge is -2.18. The minimum atomic E-state index is -0.697. The Bertz CT molecular complexity index is 164. The number of aliphatic carboxylic acids is 1. The topological polar surface area (TPSA) is 37.3 Å². The number of hydrogen-bond acceptors (Lipinski definition) is 2. The van der Waals surface area contributed by atoms with E-state index in [1.807, 2.05) is 11.8 Å². The van der Waals surface area contributed by atoms with Crippen LogP contribution in [0.5, 0.6) is 0 Å². The summed E-state index contributed by atoms with van der Waals surface area (Å²) in [5.74, 6) is 2.06. The van der Waals surface area contributed by atoms with E-state index in [9.17, 15) is 4.79 Å². The Morgan fingerprint density at radius 3 is 2.38 bits per heavy atom. The second-order valence-electron chi connectivity index (χ2n) is 4.41. The van der Waals surface area contributed by atoms with Crippen LogP contribution in [0.15, 0.2) is 0 Å². The summed E-state index contributed by atoms with van der Waals surface area (Å²) in [5.41, 5.74) is -0.565. The molecule has 0 aliphatic carbocycles. The number of carbonyl (C=O) groups is 1. The summed E-state index contributed by atoms with van der Waals surface area (Å²) in [6, 6.07) is 0. The molecule has 0 aromatic rings. The molecule has 13 heavy (non-hydrogen) atoms. The fourth-order valence-electron chi connectivity index (χ4n) is 0.753. The van der Waals surface area contributed by atoms with Crippen molar-refractivity contribution in [3.8, 4) is 0 Å². The van der Waals surface area contributed by atoms with E-state index >= 15 is 0 Å². The van der Waals surface area contributed by atoms with Gasteiger partial charge in [-0.15, -0.1) is 0 Å². The smallest absolute Gasteiger partial charge is 0.309 e. The summed E-state index contributed by atoms with van der Waals surface area (Å²) in [7, 11) is 0.